The van der Waals surface area contributed by atoms with Crippen LogP contribution in [0, 0.1) is 0 Å². The van der Waals surface area contributed by atoms with Gasteiger partial charge < -0.3 is 9.32 Å². The summed E-state index contributed by atoms with van der Waals surface area (Å²) in [6.07, 6.45) is 0. The molecule has 234 valence electrons. The van der Waals surface area contributed by atoms with Gasteiger partial charge in [0, 0.05) is 44.0 Å². The van der Waals surface area contributed by atoms with Crippen LogP contribution in [0.3, 0.4) is 0 Å². The number of anilines is 3. The molecule has 0 saturated heterocycles. The first-order valence-electron chi connectivity index (χ1n) is 16.8. The van der Waals surface area contributed by atoms with Crippen LogP contribution in [0.5, 0.6) is 0 Å². The molecule has 50 heavy (non-hydrogen) atoms. The summed E-state index contributed by atoms with van der Waals surface area (Å²) in [5, 5.41) is 7.53. The zero-order chi connectivity index (χ0) is 33.0. The van der Waals surface area contributed by atoms with E-state index in [1.165, 1.54) is 10.8 Å². The molecule has 0 bridgehead atoms. The van der Waals surface area contributed by atoms with Gasteiger partial charge in [0.15, 0.2) is 11.4 Å². The Labute approximate surface area is 288 Å². The topological polar surface area (TPSA) is 42.2 Å². The van der Waals surface area contributed by atoms with E-state index >= 15 is 0 Å². The summed E-state index contributed by atoms with van der Waals surface area (Å²) in [6, 6.07) is 61.2. The van der Waals surface area contributed by atoms with Crippen LogP contribution < -0.4 is 4.90 Å². The molecule has 4 nitrogen and oxygen atoms in total. The van der Waals surface area contributed by atoms with Crippen LogP contribution in [0.1, 0.15) is 0 Å². The van der Waals surface area contributed by atoms with Gasteiger partial charge in [-0.25, -0.2) is 9.97 Å². The molecular weight excluding hydrogens is 611 g/mol. The van der Waals surface area contributed by atoms with E-state index in [-0.39, 0.29) is 0 Å². The first-order chi connectivity index (χ1) is 24.8. The van der Waals surface area contributed by atoms with Gasteiger partial charge in [0.25, 0.3) is 0 Å². The smallest absolute Gasteiger partial charge is 0.161 e. The molecule has 8 aromatic carbocycles. The van der Waals surface area contributed by atoms with Crippen LogP contribution in [0.2, 0.25) is 0 Å². The standard InChI is InChI=1S/C46H29N3O/c1-3-17-34(18-4-1)49(35-19-5-2-6-20-35)41-25-13-23-38-42-39(29-32-16-9-10-21-36(32)45(42)50-44(38)41)46-47-40-24-12-11-22-37(40)43(48-46)33-27-26-30-14-7-8-15-31(30)28-33/h1-29H. The number of hydrogen-bond donors (Lipinski definition) is 0. The van der Waals surface area contributed by atoms with Gasteiger partial charge in [-0.2, -0.15) is 0 Å². The molecule has 0 aliphatic carbocycles. The molecule has 10 rings (SSSR count). The lowest BCUT2D eigenvalue weighted by Gasteiger charge is -2.25. The third-order valence-corrected chi connectivity index (χ3v) is 9.61. The molecular formula is C46H29N3O. The molecule has 0 fully saturated rings. The number of rotatable bonds is 5. The van der Waals surface area contributed by atoms with Crippen LogP contribution in [-0.4, -0.2) is 9.97 Å². The molecule has 2 heterocycles. The summed E-state index contributed by atoms with van der Waals surface area (Å²) in [5.74, 6) is 0.665. The Morgan fingerprint density at radius 2 is 1.08 bits per heavy atom. The Morgan fingerprint density at radius 1 is 0.440 bits per heavy atom. The second-order valence-electron chi connectivity index (χ2n) is 12.6. The third-order valence-electron chi connectivity index (χ3n) is 9.61. The zero-order valence-electron chi connectivity index (χ0n) is 27.0. The number of furan rings is 1. The van der Waals surface area contributed by atoms with Crippen LogP contribution in [0.25, 0.3) is 77.0 Å². The molecule has 0 atom stereocenters. The molecule has 0 aliphatic rings. The molecule has 0 spiro atoms. The van der Waals surface area contributed by atoms with Crippen molar-refractivity contribution in [2.24, 2.45) is 0 Å². The van der Waals surface area contributed by atoms with E-state index in [1.54, 1.807) is 0 Å². The van der Waals surface area contributed by atoms with E-state index in [4.69, 9.17) is 14.4 Å². The summed E-state index contributed by atoms with van der Waals surface area (Å²) in [4.78, 5) is 12.9. The largest absolute Gasteiger partial charge is 0.453 e. The first kappa shape index (κ1) is 28.3. The van der Waals surface area contributed by atoms with Crippen molar-refractivity contribution in [2.45, 2.75) is 0 Å². The quantitative estimate of drug-likeness (QED) is 0.188. The van der Waals surface area contributed by atoms with E-state index in [0.717, 1.165) is 77.5 Å². The van der Waals surface area contributed by atoms with Gasteiger partial charge in [-0.15, -0.1) is 0 Å². The predicted octanol–water partition coefficient (Wildman–Crippen LogP) is 12.6. The highest BCUT2D eigenvalue weighted by molar-refractivity contribution is 6.22. The zero-order valence-corrected chi connectivity index (χ0v) is 27.0. The van der Waals surface area contributed by atoms with Crippen molar-refractivity contribution in [2.75, 3.05) is 4.90 Å². The summed E-state index contributed by atoms with van der Waals surface area (Å²) in [5.41, 5.74) is 8.50. The Kier molecular flexibility index (Phi) is 6.46. The summed E-state index contributed by atoms with van der Waals surface area (Å²) in [7, 11) is 0. The molecule has 4 heteroatoms. The van der Waals surface area contributed by atoms with Gasteiger partial charge in [0.05, 0.1) is 16.9 Å². The molecule has 0 aliphatic heterocycles. The summed E-state index contributed by atoms with van der Waals surface area (Å²) >= 11 is 0. The van der Waals surface area contributed by atoms with Crippen LogP contribution in [0.15, 0.2) is 180 Å². The second-order valence-corrected chi connectivity index (χ2v) is 12.6. The van der Waals surface area contributed by atoms with Gasteiger partial charge in [-0.3, -0.25) is 0 Å². The fourth-order valence-corrected chi connectivity index (χ4v) is 7.31. The minimum absolute atomic E-state index is 0.665. The van der Waals surface area contributed by atoms with Crippen molar-refractivity contribution in [3.05, 3.63) is 176 Å². The maximum atomic E-state index is 7.04. The summed E-state index contributed by atoms with van der Waals surface area (Å²) < 4.78 is 7.04. The van der Waals surface area contributed by atoms with E-state index in [0.29, 0.717) is 5.82 Å². The SMILES string of the molecule is c1ccc(N(c2ccccc2)c2cccc3c2oc2c4ccccc4cc(-c4nc(-c5ccc6ccccc6c5)c5ccccc5n4)c32)cc1. The number of hydrogen-bond acceptors (Lipinski definition) is 4. The average molecular weight is 640 g/mol. The number of benzene rings is 8. The van der Waals surface area contributed by atoms with Gasteiger partial charge in [0.1, 0.15) is 5.58 Å². The second kappa shape index (κ2) is 11.4. The van der Waals surface area contributed by atoms with Crippen molar-refractivity contribution in [3.8, 4) is 22.6 Å². The maximum Gasteiger partial charge on any atom is 0.161 e. The van der Waals surface area contributed by atoms with E-state index in [9.17, 15) is 0 Å². The van der Waals surface area contributed by atoms with Crippen molar-refractivity contribution < 1.29 is 4.42 Å². The Morgan fingerprint density at radius 3 is 1.86 bits per heavy atom. The van der Waals surface area contributed by atoms with E-state index < -0.39 is 0 Å². The van der Waals surface area contributed by atoms with Crippen molar-refractivity contribution in [1.29, 1.82) is 0 Å². The number of fused-ring (bicyclic) bond motifs is 7. The van der Waals surface area contributed by atoms with Crippen LogP contribution in [-0.2, 0) is 0 Å². The van der Waals surface area contributed by atoms with Gasteiger partial charge in [-0.1, -0.05) is 127 Å². The van der Waals surface area contributed by atoms with Gasteiger partial charge >= 0.3 is 0 Å². The predicted molar refractivity (Wildman–Crippen MR) is 207 cm³/mol. The molecule has 0 unspecified atom stereocenters. The lowest BCUT2D eigenvalue weighted by Crippen LogP contribution is -2.09. The molecule has 0 amide bonds. The monoisotopic (exact) mass is 639 g/mol. The molecule has 0 radical (unpaired) electrons. The minimum Gasteiger partial charge on any atom is -0.453 e. The molecule has 2 aromatic heterocycles. The van der Waals surface area contributed by atoms with Gasteiger partial charge in [-0.05, 0) is 64.7 Å². The Hall–Kier alpha value is -6.78. The van der Waals surface area contributed by atoms with E-state index in [2.05, 4.69) is 163 Å². The van der Waals surface area contributed by atoms with Crippen molar-refractivity contribution >= 4 is 71.4 Å². The normalized spacial score (nSPS) is 11.6. The van der Waals surface area contributed by atoms with Gasteiger partial charge in [0.2, 0.25) is 0 Å². The van der Waals surface area contributed by atoms with Crippen LogP contribution in [0.4, 0.5) is 17.1 Å². The average Bonchev–Trinajstić information content (AvgIpc) is 3.59. The maximum absolute atomic E-state index is 7.04. The number of aromatic nitrogens is 2. The Bertz CT molecular complexity index is 2840. The van der Waals surface area contributed by atoms with Crippen molar-refractivity contribution in [3.63, 3.8) is 0 Å². The fourth-order valence-electron chi connectivity index (χ4n) is 7.31. The molecule has 0 N–H and O–H groups in total. The first-order valence-corrected chi connectivity index (χ1v) is 16.8. The lowest BCUT2D eigenvalue weighted by atomic mass is 9.98. The van der Waals surface area contributed by atoms with E-state index in [1.807, 2.05) is 18.2 Å². The molecule has 10 aromatic rings. The van der Waals surface area contributed by atoms with Crippen LogP contribution >= 0.6 is 0 Å². The molecule has 0 saturated carbocycles. The number of nitrogens with zero attached hydrogens (tertiary/aromatic N) is 3. The number of para-hydroxylation sites is 4. The lowest BCUT2D eigenvalue weighted by molar-refractivity contribution is 0.673. The minimum atomic E-state index is 0.665. The fraction of sp³-hybridized carbons (Fsp3) is 0. The summed E-state index contributed by atoms with van der Waals surface area (Å²) in [6.45, 7) is 0. The highest BCUT2D eigenvalue weighted by Gasteiger charge is 2.23. The Balaban J connectivity index is 1.28. The van der Waals surface area contributed by atoms with Crippen molar-refractivity contribution in [1.82, 2.24) is 9.97 Å². The third kappa shape index (κ3) is 4.54. The highest BCUT2D eigenvalue weighted by Crippen LogP contribution is 2.46. The highest BCUT2D eigenvalue weighted by atomic mass is 16.3.